The van der Waals surface area contributed by atoms with E-state index < -0.39 is 5.41 Å². The highest BCUT2D eigenvalue weighted by Crippen LogP contribution is 2.48. The predicted molar refractivity (Wildman–Crippen MR) is 115 cm³/mol. The molecule has 1 aliphatic carbocycles. The second kappa shape index (κ2) is 8.07. The molecule has 2 aliphatic rings. The molecule has 0 spiro atoms. The molecule has 0 aromatic heterocycles. The molecule has 1 saturated carbocycles. The molecule has 1 aliphatic heterocycles. The van der Waals surface area contributed by atoms with Gasteiger partial charge in [-0.2, -0.15) is 0 Å². The Bertz CT molecular complexity index is 901. The monoisotopic (exact) mass is 411 g/mol. The van der Waals surface area contributed by atoms with Gasteiger partial charge in [0.1, 0.15) is 0 Å². The zero-order valence-electron chi connectivity index (χ0n) is 16.7. The van der Waals surface area contributed by atoms with Crippen molar-refractivity contribution in [2.45, 2.75) is 25.2 Å². The Kier molecular flexibility index (Phi) is 5.50. The van der Waals surface area contributed by atoms with Crippen molar-refractivity contribution in [2.24, 2.45) is 0 Å². The van der Waals surface area contributed by atoms with Gasteiger partial charge in [-0.15, -0.1) is 0 Å². The van der Waals surface area contributed by atoms with E-state index in [1.165, 1.54) is 0 Å². The molecule has 0 atom stereocenters. The highest BCUT2D eigenvalue weighted by molar-refractivity contribution is 6.30. The van der Waals surface area contributed by atoms with Crippen LogP contribution in [0.5, 0.6) is 0 Å². The van der Waals surface area contributed by atoms with Gasteiger partial charge in [-0.25, -0.2) is 0 Å². The smallest absolute Gasteiger partial charge is 0.242 e. The summed E-state index contributed by atoms with van der Waals surface area (Å²) in [6.07, 6.45) is 1.69. The van der Waals surface area contributed by atoms with Gasteiger partial charge in [0, 0.05) is 36.9 Å². The third kappa shape index (κ3) is 4.25. The quantitative estimate of drug-likeness (QED) is 0.822. The van der Waals surface area contributed by atoms with E-state index in [0.717, 1.165) is 47.8 Å². The third-order valence-corrected chi connectivity index (χ3v) is 6.23. The number of benzene rings is 2. The van der Waals surface area contributed by atoms with Crippen molar-refractivity contribution in [1.29, 1.82) is 0 Å². The fourth-order valence-electron chi connectivity index (χ4n) is 4.02. The van der Waals surface area contributed by atoms with E-state index in [1.807, 2.05) is 54.3 Å². The summed E-state index contributed by atoms with van der Waals surface area (Å²) in [6.45, 7) is 4.95. The largest absolute Gasteiger partial charge is 0.368 e. The molecule has 1 saturated heterocycles. The van der Waals surface area contributed by atoms with Crippen LogP contribution in [-0.2, 0) is 15.0 Å². The van der Waals surface area contributed by atoms with Gasteiger partial charge < -0.3 is 15.1 Å². The number of carbonyl (C=O) groups is 2. The summed E-state index contributed by atoms with van der Waals surface area (Å²) < 4.78 is 0. The van der Waals surface area contributed by atoms with Crippen LogP contribution in [0.15, 0.2) is 48.5 Å². The number of rotatable bonds is 5. The molecule has 0 bridgehead atoms. The fraction of sp³-hybridized carbons (Fsp3) is 0.391. The van der Waals surface area contributed by atoms with Crippen molar-refractivity contribution < 1.29 is 9.59 Å². The summed E-state index contributed by atoms with van der Waals surface area (Å²) in [5, 5.41) is 3.61. The molecule has 2 fully saturated rings. The van der Waals surface area contributed by atoms with Crippen molar-refractivity contribution in [1.82, 2.24) is 10.2 Å². The van der Waals surface area contributed by atoms with Gasteiger partial charge in [0.2, 0.25) is 11.8 Å². The summed E-state index contributed by atoms with van der Waals surface area (Å²) in [5.41, 5.74) is 2.87. The third-order valence-electron chi connectivity index (χ3n) is 5.98. The normalized spacial score (nSPS) is 17.7. The average molecular weight is 412 g/mol. The maximum Gasteiger partial charge on any atom is 0.242 e. The minimum Gasteiger partial charge on any atom is -0.368 e. The molecule has 2 aromatic rings. The second-order valence-electron chi connectivity index (χ2n) is 7.98. The first-order valence-corrected chi connectivity index (χ1v) is 10.5. The Morgan fingerprint density at radius 2 is 1.72 bits per heavy atom. The van der Waals surface area contributed by atoms with E-state index >= 15 is 0 Å². The summed E-state index contributed by atoms with van der Waals surface area (Å²) in [5.74, 6) is -0.0506. The van der Waals surface area contributed by atoms with Crippen LogP contribution in [0.1, 0.15) is 24.0 Å². The number of halogens is 1. The van der Waals surface area contributed by atoms with Crippen molar-refractivity contribution in [3.63, 3.8) is 0 Å². The number of nitrogens with one attached hydrogen (secondary N) is 1. The molecule has 1 heterocycles. The van der Waals surface area contributed by atoms with E-state index in [-0.39, 0.29) is 18.4 Å². The molecule has 5 nitrogen and oxygen atoms in total. The number of nitrogens with zero attached hydrogens (tertiary/aromatic N) is 2. The van der Waals surface area contributed by atoms with Crippen LogP contribution in [0.3, 0.4) is 0 Å². The van der Waals surface area contributed by atoms with Gasteiger partial charge in [-0.1, -0.05) is 41.4 Å². The molecule has 2 aromatic carbocycles. The molecule has 152 valence electrons. The van der Waals surface area contributed by atoms with Crippen molar-refractivity contribution in [2.75, 3.05) is 37.6 Å². The second-order valence-corrected chi connectivity index (χ2v) is 8.41. The number of amides is 2. The molecule has 0 radical (unpaired) electrons. The van der Waals surface area contributed by atoms with Gasteiger partial charge in [-0.3, -0.25) is 9.59 Å². The van der Waals surface area contributed by atoms with Crippen molar-refractivity contribution in [3.05, 3.63) is 64.7 Å². The summed E-state index contributed by atoms with van der Waals surface area (Å²) in [4.78, 5) is 29.5. The Morgan fingerprint density at radius 1 is 1.03 bits per heavy atom. The zero-order valence-corrected chi connectivity index (χ0v) is 17.4. The Morgan fingerprint density at radius 3 is 2.34 bits per heavy atom. The molecule has 0 unspecified atom stereocenters. The summed E-state index contributed by atoms with van der Waals surface area (Å²) in [7, 11) is 0. The zero-order chi connectivity index (χ0) is 20.4. The predicted octanol–water partition coefficient (Wildman–Crippen LogP) is 3.15. The van der Waals surface area contributed by atoms with Crippen LogP contribution in [0.2, 0.25) is 5.02 Å². The van der Waals surface area contributed by atoms with E-state index in [9.17, 15) is 9.59 Å². The van der Waals surface area contributed by atoms with Crippen LogP contribution in [0.25, 0.3) is 0 Å². The lowest BCUT2D eigenvalue weighted by molar-refractivity contribution is -0.133. The Balaban J connectivity index is 1.28. The van der Waals surface area contributed by atoms with Crippen LogP contribution in [0, 0.1) is 6.92 Å². The van der Waals surface area contributed by atoms with Crippen molar-refractivity contribution in [3.8, 4) is 0 Å². The van der Waals surface area contributed by atoms with Crippen LogP contribution < -0.4 is 10.2 Å². The molecule has 4 rings (SSSR count). The lowest BCUT2D eigenvalue weighted by Gasteiger charge is -2.36. The highest BCUT2D eigenvalue weighted by Gasteiger charge is 2.51. The minimum absolute atomic E-state index is 0.0193. The number of piperazine rings is 1. The number of anilines is 1. The lowest BCUT2D eigenvalue weighted by atomic mass is 9.93. The van der Waals surface area contributed by atoms with E-state index in [1.54, 1.807) is 0 Å². The van der Waals surface area contributed by atoms with Gasteiger partial charge in [0.25, 0.3) is 0 Å². The summed E-state index contributed by atoms with van der Waals surface area (Å²) in [6, 6.07) is 15.9. The molecule has 6 heteroatoms. The number of aryl methyl sites for hydroxylation is 1. The molecule has 2 amide bonds. The standard InChI is InChI=1S/C23H26ClN3O2/c1-17-3-2-4-18(15-17)23(9-10-23)22(29)25-16-21(28)27-13-11-26(12-14-27)20-7-5-19(24)6-8-20/h2-8,15H,9-14,16H2,1H3,(H,25,29). The van der Waals surface area contributed by atoms with Crippen molar-refractivity contribution >= 4 is 29.1 Å². The lowest BCUT2D eigenvalue weighted by Crippen LogP contribution is -2.51. The maximum atomic E-state index is 12.8. The first kappa shape index (κ1) is 19.8. The van der Waals surface area contributed by atoms with E-state index in [4.69, 9.17) is 11.6 Å². The first-order chi connectivity index (χ1) is 14.0. The fourth-order valence-corrected chi connectivity index (χ4v) is 4.14. The summed E-state index contributed by atoms with van der Waals surface area (Å²) >= 11 is 5.95. The molecule has 1 N–H and O–H groups in total. The van der Waals surface area contributed by atoms with Gasteiger partial charge in [-0.05, 0) is 49.6 Å². The first-order valence-electron chi connectivity index (χ1n) is 10.1. The molecule has 29 heavy (non-hydrogen) atoms. The Hall–Kier alpha value is -2.53. The van der Waals surface area contributed by atoms with Gasteiger partial charge in [0.05, 0.1) is 12.0 Å². The minimum atomic E-state index is -0.445. The topological polar surface area (TPSA) is 52.7 Å². The number of hydrogen-bond donors (Lipinski definition) is 1. The molecular weight excluding hydrogens is 386 g/mol. The van der Waals surface area contributed by atoms with Crippen LogP contribution in [-0.4, -0.2) is 49.4 Å². The number of carbonyl (C=O) groups excluding carboxylic acids is 2. The Labute approximate surface area is 176 Å². The number of hydrogen-bond acceptors (Lipinski definition) is 3. The molecular formula is C23H26ClN3O2. The average Bonchev–Trinajstić information content (AvgIpc) is 3.55. The van der Waals surface area contributed by atoms with E-state index in [2.05, 4.69) is 16.3 Å². The van der Waals surface area contributed by atoms with Crippen LogP contribution >= 0.6 is 11.6 Å². The van der Waals surface area contributed by atoms with Crippen LogP contribution in [0.4, 0.5) is 5.69 Å². The SMILES string of the molecule is Cc1cccc(C2(C(=O)NCC(=O)N3CCN(c4ccc(Cl)cc4)CC3)CC2)c1. The maximum absolute atomic E-state index is 12.8. The highest BCUT2D eigenvalue weighted by atomic mass is 35.5. The van der Waals surface area contributed by atoms with Gasteiger partial charge >= 0.3 is 0 Å². The van der Waals surface area contributed by atoms with Gasteiger partial charge in [0.15, 0.2) is 0 Å². The van der Waals surface area contributed by atoms with E-state index in [0.29, 0.717) is 13.1 Å².